The van der Waals surface area contributed by atoms with E-state index >= 15 is 0 Å². The number of hydrogen-bond donors (Lipinski definition) is 1. The first-order chi connectivity index (χ1) is 7.70. The van der Waals surface area contributed by atoms with Crippen LogP contribution in [0.3, 0.4) is 0 Å². The minimum absolute atomic E-state index is 0.000227. The molecule has 1 spiro atoms. The zero-order valence-corrected chi connectivity index (χ0v) is 8.25. The van der Waals surface area contributed by atoms with Gasteiger partial charge in [-0.25, -0.2) is 4.79 Å². The highest BCUT2D eigenvalue weighted by atomic mass is 16.5. The largest absolute Gasteiger partial charge is 0.500 e. The molecule has 5 heteroatoms. The van der Waals surface area contributed by atoms with Crippen LogP contribution in [0.2, 0.25) is 0 Å². The fourth-order valence-electron chi connectivity index (χ4n) is 1.91. The topological polar surface area (TPSA) is 71.2 Å². The van der Waals surface area contributed by atoms with E-state index in [1.165, 1.54) is 0 Å². The molecule has 3 aliphatic rings. The predicted octanol–water partition coefficient (Wildman–Crippen LogP) is 1.77. The van der Waals surface area contributed by atoms with Gasteiger partial charge in [-0.2, -0.15) is 0 Å². The van der Waals surface area contributed by atoms with Crippen LogP contribution in [-0.2, 0) is 9.53 Å². The van der Waals surface area contributed by atoms with Crippen molar-refractivity contribution in [2.75, 3.05) is 6.61 Å². The number of allylic oxidation sites excluding steroid dienone is 1. The van der Waals surface area contributed by atoms with Crippen LogP contribution in [0.15, 0.2) is 57.8 Å². The van der Waals surface area contributed by atoms with Crippen molar-refractivity contribution in [3.63, 3.8) is 0 Å². The maximum atomic E-state index is 10.9. The Hall–Kier alpha value is -2.17. The first-order valence-corrected chi connectivity index (χ1v) is 4.81. The summed E-state index contributed by atoms with van der Waals surface area (Å²) in [5.74, 6) is -1.05. The molecule has 0 aromatic rings. The summed E-state index contributed by atoms with van der Waals surface area (Å²) >= 11 is 0. The summed E-state index contributed by atoms with van der Waals surface area (Å²) in [5.41, 5.74) is 0.889. The quantitative estimate of drug-likeness (QED) is 0.726. The summed E-state index contributed by atoms with van der Waals surface area (Å²) < 4.78 is 5.18. The summed E-state index contributed by atoms with van der Waals surface area (Å²) in [7, 11) is 0. The molecule has 2 heterocycles. The van der Waals surface area contributed by atoms with Crippen molar-refractivity contribution in [1.82, 2.24) is 0 Å². The third kappa shape index (κ3) is 1.14. The molecule has 16 heavy (non-hydrogen) atoms. The molecule has 0 saturated carbocycles. The molecule has 0 saturated heterocycles. The van der Waals surface area contributed by atoms with Crippen molar-refractivity contribution in [2.45, 2.75) is 0 Å². The van der Waals surface area contributed by atoms with Gasteiger partial charge >= 0.3 is 5.97 Å². The molecule has 1 atom stereocenters. The summed E-state index contributed by atoms with van der Waals surface area (Å²) in [6.45, 7) is 0.526. The average Bonchev–Trinajstić information content (AvgIpc) is 2.85. The Labute approximate surface area is 91.1 Å². The minimum Gasteiger partial charge on any atom is -0.500 e. The molecule has 0 radical (unpaired) electrons. The smallest absolute Gasteiger partial charge is 0.357 e. The van der Waals surface area contributed by atoms with Crippen LogP contribution in [0.5, 0.6) is 0 Å². The predicted molar refractivity (Wildman–Crippen MR) is 54.3 cm³/mol. The lowest BCUT2D eigenvalue weighted by Gasteiger charge is -2.20. The molecule has 5 nitrogen and oxygen atoms in total. The fraction of sp³-hybridized carbons (Fsp3) is 0.182. The Balaban J connectivity index is 2.07. The number of aliphatic carboxylic acids is 1. The van der Waals surface area contributed by atoms with Gasteiger partial charge in [0.15, 0.2) is 5.70 Å². The van der Waals surface area contributed by atoms with Gasteiger partial charge in [0.05, 0.1) is 17.4 Å². The molecule has 80 valence electrons. The summed E-state index contributed by atoms with van der Waals surface area (Å²) in [6, 6.07) is 0. The number of carboxylic acids is 1. The molecule has 0 amide bonds. The molecular weight excluding hydrogens is 208 g/mol. The first kappa shape index (κ1) is 9.08. The Morgan fingerprint density at radius 2 is 2.31 bits per heavy atom. The van der Waals surface area contributed by atoms with Gasteiger partial charge in [-0.1, -0.05) is 12.2 Å². The van der Waals surface area contributed by atoms with Crippen LogP contribution in [-0.4, -0.2) is 17.7 Å². The molecule has 1 aliphatic carbocycles. The molecule has 0 fully saturated rings. The van der Waals surface area contributed by atoms with E-state index in [1.807, 2.05) is 18.2 Å². The molecule has 0 bridgehead atoms. The van der Waals surface area contributed by atoms with Crippen molar-refractivity contribution in [2.24, 2.45) is 15.6 Å². The van der Waals surface area contributed by atoms with Crippen LogP contribution < -0.4 is 0 Å². The van der Waals surface area contributed by atoms with Crippen LogP contribution in [0.4, 0.5) is 0 Å². The maximum absolute atomic E-state index is 10.9. The third-order valence-electron chi connectivity index (χ3n) is 2.77. The summed E-state index contributed by atoms with van der Waals surface area (Å²) in [5, 5.41) is 16.4. The summed E-state index contributed by atoms with van der Waals surface area (Å²) in [4.78, 5) is 10.9. The van der Waals surface area contributed by atoms with E-state index in [4.69, 9.17) is 9.84 Å². The van der Waals surface area contributed by atoms with E-state index in [2.05, 4.69) is 10.2 Å². The SMILES string of the molecule is O=C(O)C1=C2C=CC3(C=COC3)C=C2N=N1. The number of nitrogens with zero attached hydrogens (tertiary/aromatic N) is 2. The van der Waals surface area contributed by atoms with Crippen LogP contribution in [0.25, 0.3) is 0 Å². The zero-order chi connectivity index (χ0) is 11.2. The highest BCUT2D eigenvalue weighted by Gasteiger charge is 2.33. The monoisotopic (exact) mass is 216 g/mol. The zero-order valence-electron chi connectivity index (χ0n) is 8.25. The fourth-order valence-corrected chi connectivity index (χ4v) is 1.91. The molecule has 1 unspecified atom stereocenters. The van der Waals surface area contributed by atoms with Gasteiger partial charge in [0, 0.05) is 5.57 Å². The lowest BCUT2D eigenvalue weighted by atomic mass is 9.83. The molecule has 0 aromatic heterocycles. The lowest BCUT2D eigenvalue weighted by molar-refractivity contribution is -0.132. The number of fused-ring (bicyclic) bond motifs is 1. The molecular formula is C11H8N2O3. The van der Waals surface area contributed by atoms with Gasteiger partial charge in [0.1, 0.15) is 6.61 Å². The van der Waals surface area contributed by atoms with Crippen LogP contribution >= 0.6 is 0 Å². The Kier molecular flexibility index (Phi) is 1.65. The molecule has 3 rings (SSSR count). The first-order valence-electron chi connectivity index (χ1n) is 4.81. The van der Waals surface area contributed by atoms with Gasteiger partial charge in [-0.05, 0) is 12.2 Å². The van der Waals surface area contributed by atoms with Gasteiger partial charge < -0.3 is 9.84 Å². The van der Waals surface area contributed by atoms with Crippen molar-refractivity contribution in [1.29, 1.82) is 0 Å². The van der Waals surface area contributed by atoms with E-state index in [0.717, 1.165) is 0 Å². The van der Waals surface area contributed by atoms with Crippen molar-refractivity contribution in [3.05, 3.63) is 47.5 Å². The number of hydrogen-bond acceptors (Lipinski definition) is 4. The minimum atomic E-state index is -1.05. The van der Waals surface area contributed by atoms with E-state index in [-0.39, 0.29) is 11.1 Å². The van der Waals surface area contributed by atoms with Crippen LogP contribution in [0.1, 0.15) is 0 Å². The molecule has 1 N–H and O–H groups in total. The second kappa shape index (κ2) is 2.91. The van der Waals surface area contributed by atoms with E-state index in [9.17, 15) is 4.79 Å². The number of carbonyl (C=O) groups is 1. The van der Waals surface area contributed by atoms with E-state index < -0.39 is 5.97 Å². The van der Waals surface area contributed by atoms with Crippen molar-refractivity contribution < 1.29 is 14.6 Å². The second-order valence-corrected chi connectivity index (χ2v) is 3.86. The number of carboxylic acid groups (broad SMARTS) is 1. The Morgan fingerprint density at radius 1 is 1.44 bits per heavy atom. The maximum Gasteiger partial charge on any atom is 0.357 e. The highest BCUT2D eigenvalue weighted by molar-refractivity contribution is 5.89. The number of azo groups is 1. The van der Waals surface area contributed by atoms with E-state index in [0.29, 0.717) is 17.9 Å². The van der Waals surface area contributed by atoms with Crippen molar-refractivity contribution >= 4 is 5.97 Å². The number of ether oxygens (including phenoxy) is 1. The summed E-state index contributed by atoms with van der Waals surface area (Å²) in [6.07, 6.45) is 9.10. The second-order valence-electron chi connectivity index (χ2n) is 3.86. The normalized spacial score (nSPS) is 29.6. The number of rotatable bonds is 1. The van der Waals surface area contributed by atoms with Gasteiger partial charge in [-0.3, -0.25) is 0 Å². The Morgan fingerprint density at radius 3 is 3.00 bits per heavy atom. The van der Waals surface area contributed by atoms with Gasteiger partial charge in [-0.15, -0.1) is 10.2 Å². The van der Waals surface area contributed by atoms with Gasteiger partial charge in [0.25, 0.3) is 0 Å². The molecule has 0 aromatic carbocycles. The standard InChI is InChI=1S/C11H8N2O3/c14-10(15)9-7-1-2-11(3-4-16-6-11)5-8(7)12-13-9/h1-5H,6H2,(H,14,15). The van der Waals surface area contributed by atoms with Gasteiger partial charge in [0.2, 0.25) is 0 Å². The highest BCUT2D eigenvalue weighted by Crippen LogP contribution is 2.39. The average molecular weight is 216 g/mol. The van der Waals surface area contributed by atoms with Crippen molar-refractivity contribution in [3.8, 4) is 0 Å². The van der Waals surface area contributed by atoms with Crippen LogP contribution in [0, 0.1) is 5.41 Å². The Bertz CT molecular complexity index is 525. The molecule has 2 aliphatic heterocycles. The van der Waals surface area contributed by atoms with E-state index in [1.54, 1.807) is 12.3 Å². The lowest BCUT2D eigenvalue weighted by Crippen LogP contribution is -2.17. The third-order valence-corrected chi connectivity index (χ3v) is 2.77.